The Bertz CT molecular complexity index is 748. The van der Waals surface area contributed by atoms with Crippen LogP contribution in [0.3, 0.4) is 0 Å². The van der Waals surface area contributed by atoms with E-state index in [0.717, 1.165) is 29.5 Å². The van der Waals surface area contributed by atoms with Gasteiger partial charge in [-0.15, -0.1) is 0 Å². The number of rotatable bonds is 2. The molecule has 0 saturated heterocycles. The van der Waals surface area contributed by atoms with E-state index in [0.29, 0.717) is 11.4 Å². The molecule has 7 heteroatoms. The summed E-state index contributed by atoms with van der Waals surface area (Å²) < 4.78 is 27.0. The Labute approximate surface area is 131 Å². The Balaban J connectivity index is 2.16. The van der Waals surface area contributed by atoms with Gasteiger partial charge in [-0.25, -0.2) is 13.6 Å². The first-order chi connectivity index (χ1) is 10.8. The van der Waals surface area contributed by atoms with Crippen LogP contribution in [0.1, 0.15) is 27.3 Å². The Morgan fingerprint density at radius 3 is 2.26 bits per heavy atom. The van der Waals surface area contributed by atoms with Crippen molar-refractivity contribution in [1.29, 1.82) is 0 Å². The topological polar surface area (TPSA) is 71.1 Å². The third-order valence-electron chi connectivity index (χ3n) is 3.18. The van der Waals surface area contributed by atoms with Crippen molar-refractivity contribution in [3.63, 3.8) is 0 Å². The molecule has 0 unspecified atom stereocenters. The zero-order valence-corrected chi connectivity index (χ0v) is 12.8. The third-order valence-corrected chi connectivity index (χ3v) is 3.18. The quantitative estimate of drug-likeness (QED) is 0.892. The summed E-state index contributed by atoms with van der Waals surface area (Å²) in [6, 6.07) is 3.88. The van der Waals surface area contributed by atoms with Crippen LogP contribution in [0, 0.1) is 32.4 Å². The van der Waals surface area contributed by atoms with Gasteiger partial charge in [0.15, 0.2) is 0 Å². The lowest BCUT2D eigenvalue weighted by molar-refractivity contribution is 0.0959. The Morgan fingerprint density at radius 2 is 1.70 bits per heavy atom. The van der Waals surface area contributed by atoms with Gasteiger partial charge < -0.3 is 5.32 Å². The Morgan fingerprint density at radius 1 is 1.09 bits per heavy atom. The molecule has 1 aromatic heterocycles. The van der Waals surface area contributed by atoms with Crippen LogP contribution in [0.15, 0.2) is 24.3 Å². The Hall–Kier alpha value is -2.83. The van der Waals surface area contributed by atoms with E-state index in [1.54, 1.807) is 19.9 Å². The van der Waals surface area contributed by atoms with Crippen molar-refractivity contribution in [3.05, 3.63) is 58.4 Å². The fourth-order valence-electron chi connectivity index (χ4n) is 2.24. The predicted molar refractivity (Wildman–Crippen MR) is 81.3 cm³/mol. The monoisotopic (exact) mass is 319 g/mol. The van der Waals surface area contributed by atoms with Crippen molar-refractivity contribution >= 4 is 17.6 Å². The van der Waals surface area contributed by atoms with Gasteiger partial charge in [-0.2, -0.15) is 0 Å². The second kappa shape index (κ2) is 6.51. The minimum Gasteiger partial charge on any atom is -0.306 e. The molecule has 23 heavy (non-hydrogen) atoms. The third kappa shape index (κ3) is 3.68. The molecule has 2 N–H and O–H groups in total. The van der Waals surface area contributed by atoms with Gasteiger partial charge in [-0.05, 0) is 44.5 Å². The number of benzene rings is 1. The van der Waals surface area contributed by atoms with Crippen molar-refractivity contribution in [3.8, 4) is 0 Å². The van der Waals surface area contributed by atoms with Crippen LogP contribution < -0.4 is 10.6 Å². The molecule has 120 valence electrons. The number of aromatic nitrogens is 1. The number of imide groups is 1. The highest BCUT2D eigenvalue weighted by Gasteiger charge is 2.19. The summed E-state index contributed by atoms with van der Waals surface area (Å²) >= 11 is 0. The molecule has 0 bridgehead atoms. The zero-order valence-electron chi connectivity index (χ0n) is 12.8. The van der Waals surface area contributed by atoms with Crippen LogP contribution in [-0.4, -0.2) is 16.9 Å². The molecule has 3 amide bonds. The molecule has 0 saturated carbocycles. The molecule has 2 rings (SSSR count). The van der Waals surface area contributed by atoms with Gasteiger partial charge in [0.05, 0.1) is 11.4 Å². The molecule has 5 nitrogen and oxygen atoms in total. The highest BCUT2D eigenvalue weighted by atomic mass is 19.1. The zero-order chi connectivity index (χ0) is 17.1. The average molecular weight is 319 g/mol. The number of hydrogen-bond acceptors (Lipinski definition) is 3. The van der Waals surface area contributed by atoms with Crippen LogP contribution >= 0.6 is 0 Å². The van der Waals surface area contributed by atoms with E-state index in [-0.39, 0.29) is 0 Å². The number of amides is 3. The largest absolute Gasteiger partial charge is 0.326 e. The lowest BCUT2D eigenvalue weighted by atomic mass is 10.1. The summed E-state index contributed by atoms with van der Waals surface area (Å²) in [7, 11) is 0. The number of carbonyl (C=O) groups excluding carboxylic acids is 2. The molecule has 0 atom stereocenters. The van der Waals surface area contributed by atoms with Crippen molar-refractivity contribution in [2.75, 3.05) is 5.32 Å². The van der Waals surface area contributed by atoms with Crippen LogP contribution in [-0.2, 0) is 0 Å². The van der Waals surface area contributed by atoms with Crippen LogP contribution in [0.2, 0.25) is 0 Å². The van der Waals surface area contributed by atoms with Gasteiger partial charge in [0, 0.05) is 5.69 Å². The highest BCUT2D eigenvalue weighted by molar-refractivity contribution is 6.08. The first kappa shape index (κ1) is 16.5. The van der Waals surface area contributed by atoms with Crippen LogP contribution in [0.4, 0.5) is 19.3 Å². The number of anilines is 1. The van der Waals surface area contributed by atoms with Gasteiger partial charge in [-0.1, -0.05) is 6.07 Å². The Kier molecular flexibility index (Phi) is 4.68. The number of nitrogens with one attached hydrogen (secondary N) is 2. The summed E-state index contributed by atoms with van der Waals surface area (Å²) in [5.74, 6) is -3.24. The van der Waals surface area contributed by atoms with Gasteiger partial charge in [0.25, 0.3) is 5.91 Å². The van der Waals surface area contributed by atoms with E-state index in [1.165, 1.54) is 0 Å². The lowest BCUT2D eigenvalue weighted by Crippen LogP contribution is -2.35. The molecule has 0 aliphatic rings. The fourth-order valence-corrected chi connectivity index (χ4v) is 2.24. The van der Waals surface area contributed by atoms with E-state index < -0.39 is 29.1 Å². The van der Waals surface area contributed by atoms with Crippen molar-refractivity contribution in [1.82, 2.24) is 10.3 Å². The fraction of sp³-hybridized carbons (Fsp3) is 0.188. The maximum atomic E-state index is 13.5. The summed E-state index contributed by atoms with van der Waals surface area (Å²) in [6.45, 7) is 5.29. The number of nitrogens with zero attached hydrogens (tertiary/aromatic N) is 1. The molecular weight excluding hydrogens is 304 g/mol. The van der Waals surface area contributed by atoms with Crippen molar-refractivity contribution in [2.24, 2.45) is 0 Å². The maximum absolute atomic E-state index is 13.5. The smallest absolute Gasteiger partial charge is 0.306 e. The minimum absolute atomic E-state index is 0.440. The van der Waals surface area contributed by atoms with E-state index in [4.69, 9.17) is 0 Å². The summed E-state index contributed by atoms with van der Waals surface area (Å²) in [6.07, 6.45) is 0. The maximum Gasteiger partial charge on any atom is 0.326 e. The van der Waals surface area contributed by atoms with Gasteiger partial charge in [-0.3, -0.25) is 15.1 Å². The van der Waals surface area contributed by atoms with E-state index >= 15 is 0 Å². The molecule has 0 aliphatic heterocycles. The molecule has 1 aromatic carbocycles. The summed E-state index contributed by atoms with van der Waals surface area (Å²) in [5, 5.41) is 4.37. The standard InChI is InChI=1S/C16H15F2N3O2/c1-8-7-9(2)19-10(3)14(8)20-16(23)21-15(22)13-11(17)5-4-6-12(13)18/h4-7H,1-3H3,(H2,20,21,22,23). The van der Waals surface area contributed by atoms with E-state index in [1.807, 2.05) is 12.2 Å². The number of carbonyl (C=O) groups is 2. The molecule has 1 heterocycles. The number of urea groups is 1. The summed E-state index contributed by atoms with van der Waals surface area (Å²) in [4.78, 5) is 27.9. The van der Waals surface area contributed by atoms with Gasteiger partial charge in [0.1, 0.15) is 17.2 Å². The average Bonchev–Trinajstić information content (AvgIpc) is 2.42. The second-order valence-corrected chi connectivity index (χ2v) is 5.05. The minimum atomic E-state index is -1.16. The number of pyridine rings is 1. The van der Waals surface area contributed by atoms with Gasteiger partial charge >= 0.3 is 6.03 Å². The molecule has 0 aliphatic carbocycles. The first-order valence-corrected chi connectivity index (χ1v) is 6.80. The molecular formula is C16H15F2N3O2. The number of halogens is 2. The number of aryl methyl sites for hydroxylation is 3. The van der Waals surface area contributed by atoms with Crippen molar-refractivity contribution in [2.45, 2.75) is 20.8 Å². The lowest BCUT2D eigenvalue weighted by Gasteiger charge is -2.12. The van der Waals surface area contributed by atoms with E-state index in [9.17, 15) is 18.4 Å². The van der Waals surface area contributed by atoms with Crippen LogP contribution in [0.25, 0.3) is 0 Å². The van der Waals surface area contributed by atoms with Crippen LogP contribution in [0.5, 0.6) is 0 Å². The molecule has 2 aromatic rings. The predicted octanol–water partition coefficient (Wildman–Crippen LogP) is 3.25. The van der Waals surface area contributed by atoms with Crippen molar-refractivity contribution < 1.29 is 18.4 Å². The normalized spacial score (nSPS) is 10.3. The second-order valence-electron chi connectivity index (χ2n) is 5.05. The SMILES string of the molecule is Cc1cc(C)c(NC(=O)NC(=O)c2c(F)cccc2F)c(C)n1. The molecule has 0 fully saturated rings. The molecule has 0 radical (unpaired) electrons. The first-order valence-electron chi connectivity index (χ1n) is 6.80. The summed E-state index contributed by atoms with van der Waals surface area (Å²) in [5.41, 5.74) is 1.75. The highest BCUT2D eigenvalue weighted by Crippen LogP contribution is 2.19. The molecule has 0 spiro atoms. The number of hydrogen-bond donors (Lipinski definition) is 2. The van der Waals surface area contributed by atoms with Gasteiger partial charge in [0.2, 0.25) is 0 Å². The van der Waals surface area contributed by atoms with E-state index in [2.05, 4.69) is 10.3 Å².